The van der Waals surface area contributed by atoms with Crippen LogP contribution in [0.1, 0.15) is 31.1 Å². The number of carbonyl (C=O) groups is 3. The third kappa shape index (κ3) is 6.88. The molecule has 0 aliphatic carbocycles. The van der Waals surface area contributed by atoms with Gasteiger partial charge in [-0.3, -0.25) is 29.8 Å². The molecule has 0 atom stereocenters. The van der Waals surface area contributed by atoms with E-state index >= 15 is 0 Å². The minimum absolute atomic E-state index is 0.0867. The fourth-order valence-corrected chi connectivity index (χ4v) is 5.14. The third-order valence-corrected chi connectivity index (χ3v) is 7.45. The molecule has 5 aromatic carbocycles. The van der Waals surface area contributed by atoms with Gasteiger partial charge in [-0.2, -0.15) is 0 Å². The highest BCUT2D eigenvalue weighted by atomic mass is 32.1. The standard InChI is InChI=1S/C21H16N4O2S.C13H10N4O3/c26-19(13-6-2-1-3-7-13)25-21(28)22-14-10-11-16-15(12-14)20(27)24-18-9-5-4-8-17(18)23-16;14-7-1-3-10-9(5-7)13(18)16-12-6-8(17(19)20)2-4-11(12)15-10/h1-12,23H,(H,24,27)(H2,22,25,26,28);1-6,15H,14H2,(H,16,18). The maximum atomic E-state index is 12.6. The van der Waals surface area contributed by atoms with Crippen molar-refractivity contribution in [2.75, 3.05) is 32.3 Å². The Hall–Kier alpha value is -6.80. The number of nitrogens with one attached hydrogen (secondary N) is 6. The predicted molar refractivity (Wildman–Crippen MR) is 189 cm³/mol. The van der Waals surface area contributed by atoms with Crippen LogP contribution in [0.4, 0.5) is 51.2 Å². The van der Waals surface area contributed by atoms with Gasteiger partial charge in [-0.05, 0) is 78.9 Å². The zero-order chi connectivity index (χ0) is 33.8. The highest BCUT2D eigenvalue weighted by Crippen LogP contribution is 2.35. The number of hydrogen-bond donors (Lipinski definition) is 7. The first kappa shape index (κ1) is 31.2. The van der Waals surface area contributed by atoms with Gasteiger partial charge in [0.15, 0.2) is 5.11 Å². The molecule has 3 amide bonds. The number of hydrogen-bond acceptors (Lipinski definition) is 9. The number of thiocarbonyl (C=S) groups is 1. The topological polar surface area (TPSA) is 193 Å². The van der Waals surface area contributed by atoms with Crippen LogP contribution >= 0.6 is 12.2 Å². The van der Waals surface area contributed by atoms with Crippen molar-refractivity contribution in [1.29, 1.82) is 0 Å². The molecule has 2 heterocycles. The number of amides is 3. The minimum atomic E-state index is -0.511. The van der Waals surface area contributed by atoms with Gasteiger partial charge >= 0.3 is 0 Å². The third-order valence-electron chi connectivity index (χ3n) is 7.25. The van der Waals surface area contributed by atoms with Crippen LogP contribution in [0.2, 0.25) is 0 Å². The molecule has 0 unspecified atom stereocenters. The van der Waals surface area contributed by atoms with Crippen molar-refractivity contribution in [2.45, 2.75) is 0 Å². The van der Waals surface area contributed by atoms with E-state index in [0.29, 0.717) is 56.5 Å². The molecule has 13 nitrogen and oxygen atoms in total. The van der Waals surface area contributed by atoms with Crippen molar-refractivity contribution in [3.63, 3.8) is 0 Å². The molecular formula is C34H26N8O5S. The quantitative estimate of drug-likeness (QED) is 0.0480. The smallest absolute Gasteiger partial charge is 0.271 e. The van der Waals surface area contributed by atoms with Crippen molar-refractivity contribution >= 4 is 86.2 Å². The Balaban J connectivity index is 0.000000177. The summed E-state index contributed by atoms with van der Waals surface area (Å²) in [6, 6.07) is 30.7. The van der Waals surface area contributed by atoms with Crippen LogP contribution in [-0.4, -0.2) is 27.8 Å². The Morgan fingerprint density at radius 1 is 0.667 bits per heavy atom. The molecule has 0 radical (unpaired) electrons. The van der Waals surface area contributed by atoms with E-state index in [1.807, 2.05) is 30.3 Å². The Labute approximate surface area is 278 Å². The van der Waals surface area contributed by atoms with E-state index in [9.17, 15) is 24.5 Å². The van der Waals surface area contributed by atoms with Crippen LogP contribution in [0, 0.1) is 10.1 Å². The fraction of sp³-hybridized carbons (Fsp3) is 0. The number of nitrogens with zero attached hydrogens (tertiary/aromatic N) is 1. The van der Waals surface area contributed by atoms with Crippen LogP contribution in [0.5, 0.6) is 0 Å². The number of anilines is 8. The minimum Gasteiger partial charge on any atom is -0.399 e. The number of rotatable bonds is 3. The number of fused-ring (bicyclic) bond motifs is 4. The number of non-ortho nitro benzene ring substituents is 1. The lowest BCUT2D eigenvalue weighted by molar-refractivity contribution is -0.384. The Morgan fingerprint density at radius 2 is 1.23 bits per heavy atom. The van der Waals surface area contributed by atoms with Gasteiger partial charge in [0.05, 0.1) is 50.2 Å². The van der Waals surface area contributed by atoms with Gasteiger partial charge in [-0.15, -0.1) is 0 Å². The maximum absolute atomic E-state index is 12.6. The molecule has 0 saturated heterocycles. The van der Waals surface area contributed by atoms with E-state index < -0.39 is 4.92 Å². The average molecular weight is 659 g/mol. The number of nitro groups is 1. The molecule has 0 spiro atoms. The van der Waals surface area contributed by atoms with Crippen molar-refractivity contribution in [3.8, 4) is 0 Å². The molecule has 238 valence electrons. The highest BCUT2D eigenvalue weighted by Gasteiger charge is 2.22. The fourth-order valence-electron chi connectivity index (χ4n) is 4.93. The summed E-state index contributed by atoms with van der Waals surface area (Å²) in [5.74, 6) is -0.892. The van der Waals surface area contributed by atoms with Crippen LogP contribution in [0.25, 0.3) is 0 Å². The molecule has 7 rings (SSSR count). The van der Waals surface area contributed by atoms with Crippen molar-refractivity contribution in [2.24, 2.45) is 0 Å². The summed E-state index contributed by atoms with van der Waals surface area (Å²) in [7, 11) is 0. The first-order valence-corrected chi connectivity index (χ1v) is 14.8. The number of nitrogen functional groups attached to an aromatic ring is 1. The summed E-state index contributed by atoms with van der Waals surface area (Å²) in [6.07, 6.45) is 0. The van der Waals surface area contributed by atoms with Crippen LogP contribution in [0.15, 0.2) is 109 Å². The maximum Gasteiger partial charge on any atom is 0.271 e. The summed E-state index contributed by atoms with van der Waals surface area (Å²) in [5.41, 5.74) is 11.8. The van der Waals surface area contributed by atoms with Crippen LogP contribution in [-0.2, 0) is 0 Å². The van der Waals surface area contributed by atoms with Gasteiger partial charge in [0.1, 0.15) is 0 Å². The van der Waals surface area contributed by atoms with Crippen molar-refractivity contribution < 1.29 is 19.3 Å². The van der Waals surface area contributed by atoms with Gasteiger partial charge in [-0.25, -0.2) is 0 Å². The first-order chi connectivity index (χ1) is 23.1. The molecule has 2 aliphatic rings. The molecular weight excluding hydrogens is 632 g/mol. The molecule has 0 aromatic heterocycles. The molecule has 0 saturated carbocycles. The number of para-hydroxylation sites is 2. The van der Waals surface area contributed by atoms with Gasteiger partial charge < -0.3 is 32.3 Å². The molecule has 14 heteroatoms. The average Bonchev–Trinajstić information content (AvgIpc) is 3.31. The molecule has 2 aliphatic heterocycles. The summed E-state index contributed by atoms with van der Waals surface area (Å²) in [5, 5.41) is 28.3. The van der Waals surface area contributed by atoms with E-state index in [-0.39, 0.29) is 28.5 Å². The predicted octanol–water partition coefficient (Wildman–Crippen LogP) is 6.61. The second kappa shape index (κ2) is 13.3. The van der Waals surface area contributed by atoms with E-state index in [1.54, 1.807) is 66.7 Å². The van der Waals surface area contributed by atoms with E-state index in [0.717, 1.165) is 5.69 Å². The van der Waals surface area contributed by atoms with Gasteiger partial charge in [0.25, 0.3) is 23.4 Å². The monoisotopic (exact) mass is 658 g/mol. The summed E-state index contributed by atoms with van der Waals surface area (Å²) >= 11 is 5.22. The van der Waals surface area contributed by atoms with Crippen LogP contribution < -0.4 is 37.6 Å². The molecule has 0 fully saturated rings. The van der Waals surface area contributed by atoms with E-state index in [4.69, 9.17) is 18.0 Å². The lowest BCUT2D eigenvalue weighted by Gasteiger charge is -2.12. The summed E-state index contributed by atoms with van der Waals surface area (Å²) < 4.78 is 0. The van der Waals surface area contributed by atoms with Gasteiger partial charge in [0, 0.05) is 29.1 Å². The number of benzene rings is 5. The second-order valence-electron chi connectivity index (χ2n) is 10.5. The Kier molecular flexibility index (Phi) is 8.63. The zero-order valence-electron chi connectivity index (χ0n) is 24.9. The van der Waals surface area contributed by atoms with Gasteiger partial charge in [0.2, 0.25) is 0 Å². The lowest BCUT2D eigenvalue weighted by atomic mass is 10.1. The number of nitro benzene ring substituents is 1. The second-order valence-corrected chi connectivity index (χ2v) is 10.9. The molecule has 5 aromatic rings. The van der Waals surface area contributed by atoms with E-state index in [2.05, 4.69) is 31.9 Å². The summed E-state index contributed by atoms with van der Waals surface area (Å²) in [6.45, 7) is 0. The number of carbonyl (C=O) groups excluding carboxylic acids is 3. The zero-order valence-corrected chi connectivity index (χ0v) is 25.7. The molecule has 8 N–H and O–H groups in total. The van der Waals surface area contributed by atoms with Crippen molar-refractivity contribution in [1.82, 2.24) is 5.32 Å². The van der Waals surface area contributed by atoms with Crippen LogP contribution in [0.3, 0.4) is 0 Å². The Bertz CT molecular complexity index is 2120. The SMILES string of the molecule is Nc1ccc2c(c1)C(=O)Nc1cc([N+](=O)[O-])ccc1N2.O=C(NC(=S)Nc1ccc2c(c1)C(=O)Nc1ccccc1N2)c1ccccc1. The Morgan fingerprint density at radius 3 is 1.92 bits per heavy atom. The normalized spacial score (nSPS) is 12.1. The van der Waals surface area contributed by atoms with Gasteiger partial charge in [-0.1, -0.05) is 30.3 Å². The largest absolute Gasteiger partial charge is 0.399 e. The highest BCUT2D eigenvalue weighted by molar-refractivity contribution is 7.80. The molecule has 0 bridgehead atoms. The van der Waals surface area contributed by atoms with E-state index in [1.165, 1.54) is 12.1 Å². The lowest BCUT2D eigenvalue weighted by Crippen LogP contribution is -2.34. The number of nitrogens with two attached hydrogens (primary N) is 1. The molecule has 48 heavy (non-hydrogen) atoms. The summed E-state index contributed by atoms with van der Waals surface area (Å²) in [4.78, 5) is 47.2. The first-order valence-electron chi connectivity index (χ1n) is 14.4. The van der Waals surface area contributed by atoms with Crippen molar-refractivity contribution in [3.05, 3.63) is 136 Å².